The summed E-state index contributed by atoms with van der Waals surface area (Å²) < 4.78 is 5.69. The Morgan fingerprint density at radius 3 is 2.48 bits per heavy atom. The number of ether oxygens (including phenoxy) is 1. The van der Waals surface area contributed by atoms with Gasteiger partial charge in [0.2, 0.25) is 0 Å². The molecule has 1 N–H and O–H groups in total. The lowest BCUT2D eigenvalue weighted by atomic mass is 10.1. The number of rotatable bonds is 7. The summed E-state index contributed by atoms with van der Waals surface area (Å²) in [5, 5.41) is 3.26. The van der Waals surface area contributed by atoms with Gasteiger partial charge in [-0.3, -0.25) is 4.79 Å². The molecule has 2 aromatic carbocycles. The van der Waals surface area contributed by atoms with Crippen LogP contribution >= 0.6 is 0 Å². The van der Waals surface area contributed by atoms with Crippen LogP contribution in [0.15, 0.2) is 67.0 Å². The average Bonchev–Trinajstić information content (AvgIpc) is 2.83. The number of hydrogen-bond acceptors (Lipinski definition) is 6. The van der Waals surface area contributed by atoms with E-state index < -0.39 is 0 Å². The number of benzene rings is 2. The zero-order valence-electron chi connectivity index (χ0n) is 17.7. The first-order valence-corrected chi connectivity index (χ1v) is 10.5. The molecule has 1 aliphatic rings. The van der Waals surface area contributed by atoms with E-state index in [2.05, 4.69) is 27.2 Å². The standard InChI is InChI=1S/C24H27N5O2/c1-28-12-14-29(15-13-28)24(30)20-9-7-19(8-10-20)22-17-23(27-18-26-22)25-11-16-31-21-5-3-2-4-6-21/h2-10,17-18H,11-16H2,1H3,(H,25,26,27). The van der Waals surface area contributed by atoms with Gasteiger partial charge in [-0.2, -0.15) is 0 Å². The first-order valence-electron chi connectivity index (χ1n) is 10.5. The minimum Gasteiger partial charge on any atom is -0.492 e. The Bertz CT molecular complexity index is 986. The number of para-hydroxylation sites is 1. The van der Waals surface area contributed by atoms with Crippen LogP contribution in [0, 0.1) is 0 Å². The van der Waals surface area contributed by atoms with Gasteiger partial charge in [-0.1, -0.05) is 30.3 Å². The fourth-order valence-electron chi connectivity index (χ4n) is 3.45. The average molecular weight is 418 g/mol. The molecule has 0 saturated carbocycles. The largest absolute Gasteiger partial charge is 0.492 e. The van der Waals surface area contributed by atoms with Crippen LogP contribution in [0.3, 0.4) is 0 Å². The number of piperazine rings is 1. The third-order valence-electron chi connectivity index (χ3n) is 5.31. The number of carbonyl (C=O) groups excluding carboxylic acids is 1. The summed E-state index contributed by atoms with van der Waals surface area (Å²) in [6.07, 6.45) is 1.54. The van der Waals surface area contributed by atoms with Gasteiger partial charge in [0, 0.05) is 43.4 Å². The van der Waals surface area contributed by atoms with E-state index in [0.717, 1.165) is 49.0 Å². The van der Waals surface area contributed by atoms with E-state index in [9.17, 15) is 4.79 Å². The molecule has 160 valence electrons. The van der Waals surface area contributed by atoms with Crippen molar-refractivity contribution in [2.45, 2.75) is 0 Å². The maximum Gasteiger partial charge on any atom is 0.253 e. The van der Waals surface area contributed by atoms with Gasteiger partial charge in [0.15, 0.2) is 0 Å². The van der Waals surface area contributed by atoms with Gasteiger partial charge in [-0.05, 0) is 31.3 Å². The van der Waals surface area contributed by atoms with Gasteiger partial charge in [-0.25, -0.2) is 9.97 Å². The van der Waals surface area contributed by atoms with Crippen molar-refractivity contribution in [1.82, 2.24) is 19.8 Å². The van der Waals surface area contributed by atoms with E-state index in [-0.39, 0.29) is 5.91 Å². The van der Waals surface area contributed by atoms with E-state index in [0.29, 0.717) is 18.7 Å². The van der Waals surface area contributed by atoms with Crippen LogP contribution in [0.25, 0.3) is 11.3 Å². The van der Waals surface area contributed by atoms with Gasteiger partial charge in [0.05, 0.1) is 12.2 Å². The second-order valence-electron chi connectivity index (χ2n) is 7.55. The molecule has 0 bridgehead atoms. The lowest BCUT2D eigenvalue weighted by Crippen LogP contribution is -2.47. The highest BCUT2D eigenvalue weighted by atomic mass is 16.5. The first-order chi connectivity index (χ1) is 15.2. The topological polar surface area (TPSA) is 70.6 Å². The zero-order chi connectivity index (χ0) is 21.5. The number of aromatic nitrogens is 2. The molecule has 3 aromatic rings. The molecular weight excluding hydrogens is 390 g/mol. The molecule has 1 aliphatic heterocycles. The van der Waals surface area contributed by atoms with Crippen molar-refractivity contribution in [2.24, 2.45) is 0 Å². The lowest BCUT2D eigenvalue weighted by Gasteiger charge is -2.32. The van der Waals surface area contributed by atoms with E-state index >= 15 is 0 Å². The van der Waals surface area contributed by atoms with Gasteiger partial charge in [0.1, 0.15) is 24.5 Å². The molecule has 31 heavy (non-hydrogen) atoms. The van der Waals surface area contributed by atoms with E-state index in [1.807, 2.05) is 65.6 Å². The Labute approximate surface area is 182 Å². The smallest absolute Gasteiger partial charge is 0.253 e. The van der Waals surface area contributed by atoms with Gasteiger partial charge < -0.3 is 19.9 Å². The maximum atomic E-state index is 12.7. The Balaban J connectivity index is 1.33. The summed E-state index contributed by atoms with van der Waals surface area (Å²) >= 11 is 0. The molecule has 1 aromatic heterocycles. The van der Waals surface area contributed by atoms with Crippen molar-refractivity contribution in [2.75, 3.05) is 51.7 Å². The van der Waals surface area contributed by atoms with Crippen molar-refractivity contribution < 1.29 is 9.53 Å². The summed E-state index contributed by atoms with van der Waals surface area (Å²) in [5.41, 5.74) is 2.46. The van der Waals surface area contributed by atoms with Crippen LogP contribution in [0.2, 0.25) is 0 Å². The highest BCUT2D eigenvalue weighted by molar-refractivity contribution is 5.94. The summed E-state index contributed by atoms with van der Waals surface area (Å²) in [7, 11) is 2.08. The van der Waals surface area contributed by atoms with Gasteiger partial charge in [0.25, 0.3) is 5.91 Å². The number of likely N-dealkylation sites (N-methyl/N-ethyl adjacent to an activating group) is 1. The molecular formula is C24H27N5O2. The molecule has 2 heterocycles. The third-order valence-corrected chi connectivity index (χ3v) is 5.31. The van der Waals surface area contributed by atoms with E-state index in [1.165, 1.54) is 0 Å². The number of nitrogens with zero attached hydrogens (tertiary/aromatic N) is 4. The molecule has 1 saturated heterocycles. The van der Waals surface area contributed by atoms with Crippen molar-refractivity contribution in [3.05, 3.63) is 72.6 Å². The van der Waals surface area contributed by atoms with E-state index in [1.54, 1.807) is 6.33 Å². The Kier molecular flexibility index (Phi) is 6.74. The van der Waals surface area contributed by atoms with Crippen LogP contribution in [0.5, 0.6) is 5.75 Å². The zero-order valence-corrected chi connectivity index (χ0v) is 17.7. The second-order valence-corrected chi connectivity index (χ2v) is 7.55. The van der Waals surface area contributed by atoms with Crippen LogP contribution in [0.4, 0.5) is 5.82 Å². The summed E-state index contributed by atoms with van der Waals surface area (Å²) in [6, 6.07) is 19.2. The fourth-order valence-corrected chi connectivity index (χ4v) is 3.45. The van der Waals surface area contributed by atoms with Crippen LogP contribution in [-0.2, 0) is 0 Å². The minimum atomic E-state index is 0.0862. The van der Waals surface area contributed by atoms with Crippen LogP contribution < -0.4 is 10.1 Å². The van der Waals surface area contributed by atoms with E-state index in [4.69, 9.17) is 4.74 Å². The first kappa shape index (κ1) is 20.8. The highest BCUT2D eigenvalue weighted by Gasteiger charge is 2.20. The summed E-state index contributed by atoms with van der Waals surface area (Å²) in [5.74, 6) is 1.67. The normalized spacial score (nSPS) is 14.3. The molecule has 7 heteroatoms. The maximum absolute atomic E-state index is 12.7. The fraction of sp³-hybridized carbons (Fsp3) is 0.292. The highest BCUT2D eigenvalue weighted by Crippen LogP contribution is 2.20. The van der Waals surface area contributed by atoms with Crippen LogP contribution in [-0.4, -0.2) is 72.1 Å². The molecule has 4 rings (SSSR count). The Morgan fingerprint density at radius 1 is 1.00 bits per heavy atom. The molecule has 0 radical (unpaired) electrons. The second kappa shape index (κ2) is 10.0. The monoisotopic (exact) mass is 417 g/mol. The predicted molar refractivity (Wildman–Crippen MR) is 121 cm³/mol. The molecule has 0 spiro atoms. The lowest BCUT2D eigenvalue weighted by molar-refractivity contribution is 0.0664. The molecule has 7 nitrogen and oxygen atoms in total. The molecule has 1 amide bonds. The Morgan fingerprint density at radius 2 is 1.74 bits per heavy atom. The molecule has 0 aliphatic carbocycles. The van der Waals surface area contributed by atoms with Crippen molar-refractivity contribution >= 4 is 11.7 Å². The van der Waals surface area contributed by atoms with Gasteiger partial charge in [-0.15, -0.1) is 0 Å². The number of nitrogens with one attached hydrogen (secondary N) is 1. The SMILES string of the molecule is CN1CCN(C(=O)c2ccc(-c3cc(NCCOc4ccccc4)ncn3)cc2)CC1. The van der Waals surface area contributed by atoms with Crippen molar-refractivity contribution in [3.63, 3.8) is 0 Å². The van der Waals surface area contributed by atoms with Crippen LogP contribution in [0.1, 0.15) is 10.4 Å². The summed E-state index contributed by atoms with van der Waals surface area (Å²) in [4.78, 5) is 25.5. The third kappa shape index (κ3) is 5.58. The summed E-state index contributed by atoms with van der Waals surface area (Å²) in [6.45, 7) is 4.53. The van der Waals surface area contributed by atoms with Crippen molar-refractivity contribution in [3.8, 4) is 17.0 Å². The predicted octanol–water partition coefficient (Wildman–Crippen LogP) is 3.02. The molecule has 1 fully saturated rings. The quantitative estimate of drug-likeness (QED) is 0.596. The number of amides is 1. The number of hydrogen-bond donors (Lipinski definition) is 1. The minimum absolute atomic E-state index is 0.0862. The molecule has 0 atom stereocenters. The van der Waals surface area contributed by atoms with Gasteiger partial charge >= 0.3 is 0 Å². The Hall–Kier alpha value is -3.45. The number of anilines is 1. The van der Waals surface area contributed by atoms with Crippen molar-refractivity contribution in [1.29, 1.82) is 0 Å². The number of carbonyl (C=O) groups is 1. The molecule has 0 unspecified atom stereocenters.